The molecule has 0 radical (unpaired) electrons. The number of thioether (sulfide) groups is 1. The molecule has 1 fully saturated rings. The van der Waals surface area contributed by atoms with Crippen LogP contribution >= 0.6 is 11.8 Å². The molecule has 9 heteroatoms. The van der Waals surface area contributed by atoms with Crippen LogP contribution in [0.5, 0.6) is 0 Å². The van der Waals surface area contributed by atoms with Gasteiger partial charge in [0, 0.05) is 25.8 Å². The number of hydrogen-bond donors (Lipinski definition) is 0. The van der Waals surface area contributed by atoms with Crippen molar-refractivity contribution in [2.24, 2.45) is 0 Å². The number of pyridine rings is 1. The Labute approximate surface area is 168 Å². The summed E-state index contributed by atoms with van der Waals surface area (Å²) in [5.41, 5.74) is 1.65. The van der Waals surface area contributed by atoms with E-state index in [1.807, 2.05) is 24.3 Å². The van der Waals surface area contributed by atoms with Crippen molar-refractivity contribution in [1.29, 1.82) is 0 Å². The van der Waals surface area contributed by atoms with E-state index in [9.17, 15) is 8.42 Å². The molecular formula is C19H22N4O3S2. The first-order chi connectivity index (χ1) is 13.6. The maximum atomic E-state index is 12.9. The highest BCUT2D eigenvalue weighted by atomic mass is 32.2. The van der Waals surface area contributed by atoms with E-state index in [0.29, 0.717) is 37.6 Å². The number of fused-ring (bicyclic) bond motifs is 1. The lowest BCUT2D eigenvalue weighted by molar-refractivity contribution is 0.0730. The molecule has 1 aliphatic rings. The van der Waals surface area contributed by atoms with E-state index < -0.39 is 10.0 Å². The summed E-state index contributed by atoms with van der Waals surface area (Å²) in [5, 5.41) is 0.938. The first-order valence-electron chi connectivity index (χ1n) is 9.20. The van der Waals surface area contributed by atoms with E-state index in [0.717, 1.165) is 22.9 Å². The Balaban J connectivity index is 1.64. The van der Waals surface area contributed by atoms with Crippen molar-refractivity contribution >= 4 is 32.8 Å². The van der Waals surface area contributed by atoms with Crippen LogP contribution in [-0.4, -0.2) is 53.6 Å². The maximum absolute atomic E-state index is 12.9. The van der Waals surface area contributed by atoms with Crippen LogP contribution < -0.4 is 0 Å². The van der Waals surface area contributed by atoms with Gasteiger partial charge in [-0.25, -0.2) is 18.4 Å². The van der Waals surface area contributed by atoms with Gasteiger partial charge in [-0.3, -0.25) is 0 Å². The van der Waals surface area contributed by atoms with E-state index in [2.05, 4.69) is 16.5 Å². The third-order valence-corrected chi connectivity index (χ3v) is 7.54. The zero-order valence-corrected chi connectivity index (χ0v) is 17.2. The molecule has 4 rings (SSSR count). The average Bonchev–Trinajstić information content (AvgIpc) is 3.10. The van der Waals surface area contributed by atoms with Crippen LogP contribution in [-0.2, 0) is 27.1 Å². The SMILES string of the molecule is CCn1c(CSc2ccccn2)nc2cc(S(=O)(=O)N3CCOCC3)ccc21. The molecule has 0 unspecified atom stereocenters. The average molecular weight is 419 g/mol. The molecule has 2 aromatic heterocycles. The summed E-state index contributed by atoms with van der Waals surface area (Å²) in [4.78, 5) is 9.34. The quantitative estimate of drug-likeness (QED) is 0.573. The van der Waals surface area contributed by atoms with Crippen molar-refractivity contribution in [3.63, 3.8) is 0 Å². The van der Waals surface area contributed by atoms with E-state index >= 15 is 0 Å². The lowest BCUT2D eigenvalue weighted by atomic mass is 10.3. The predicted molar refractivity (Wildman–Crippen MR) is 109 cm³/mol. The fourth-order valence-corrected chi connectivity index (χ4v) is 5.53. The summed E-state index contributed by atoms with van der Waals surface area (Å²) in [5.74, 6) is 1.58. The summed E-state index contributed by atoms with van der Waals surface area (Å²) >= 11 is 1.62. The van der Waals surface area contributed by atoms with Crippen molar-refractivity contribution in [2.45, 2.75) is 29.1 Å². The zero-order valence-electron chi connectivity index (χ0n) is 15.6. The minimum Gasteiger partial charge on any atom is -0.379 e. The molecule has 148 valence electrons. The first kappa shape index (κ1) is 19.4. The van der Waals surface area contributed by atoms with Crippen molar-refractivity contribution < 1.29 is 13.2 Å². The largest absolute Gasteiger partial charge is 0.379 e. The molecule has 7 nitrogen and oxygen atoms in total. The summed E-state index contributed by atoms with van der Waals surface area (Å²) < 4.78 is 34.7. The molecule has 0 bridgehead atoms. The molecule has 0 spiro atoms. The van der Waals surface area contributed by atoms with Crippen LogP contribution in [0.1, 0.15) is 12.7 Å². The molecule has 3 aromatic rings. The molecule has 1 aliphatic heterocycles. The predicted octanol–water partition coefficient (Wildman–Crippen LogP) is 2.76. The molecule has 1 saturated heterocycles. The van der Waals surface area contributed by atoms with E-state index in [4.69, 9.17) is 9.72 Å². The first-order valence-corrected chi connectivity index (χ1v) is 11.6. The highest BCUT2D eigenvalue weighted by Crippen LogP contribution is 2.26. The van der Waals surface area contributed by atoms with Gasteiger partial charge in [0.05, 0.1) is 39.9 Å². The number of imidazole rings is 1. The van der Waals surface area contributed by atoms with Crippen molar-refractivity contribution in [1.82, 2.24) is 18.8 Å². The molecular weight excluding hydrogens is 396 g/mol. The van der Waals surface area contributed by atoms with Gasteiger partial charge in [0.25, 0.3) is 0 Å². The van der Waals surface area contributed by atoms with Crippen LogP contribution in [0, 0.1) is 0 Å². The minimum atomic E-state index is -3.53. The number of morpholine rings is 1. The van der Waals surface area contributed by atoms with Crippen molar-refractivity contribution in [3.05, 3.63) is 48.4 Å². The van der Waals surface area contributed by atoms with Crippen LogP contribution in [0.3, 0.4) is 0 Å². The summed E-state index contributed by atoms with van der Waals surface area (Å²) in [6, 6.07) is 11.0. The van der Waals surface area contributed by atoms with E-state index in [-0.39, 0.29) is 4.90 Å². The van der Waals surface area contributed by atoms with Gasteiger partial charge in [-0.1, -0.05) is 17.8 Å². The van der Waals surface area contributed by atoms with Crippen LogP contribution in [0.2, 0.25) is 0 Å². The Morgan fingerprint density at radius 1 is 1.18 bits per heavy atom. The Hall–Kier alpha value is -1.94. The number of benzene rings is 1. The third kappa shape index (κ3) is 3.80. The van der Waals surface area contributed by atoms with E-state index in [1.54, 1.807) is 30.1 Å². The molecule has 0 saturated carbocycles. The maximum Gasteiger partial charge on any atom is 0.243 e. The summed E-state index contributed by atoms with van der Waals surface area (Å²) in [6.07, 6.45) is 1.77. The van der Waals surface area contributed by atoms with Gasteiger partial charge < -0.3 is 9.30 Å². The fraction of sp³-hybridized carbons (Fsp3) is 0.368. The normalized spacial score (nSPS) is 15.9. The third-order valence-electron chi connectivity index (χ3n) is 4.71. The lowest BCUT2D eigenvalue weighted by Gasteiger charge is -2.26. The molecule has 1 aromatic carbocycles. The summed E-state index contributed by atoms with van der Waals surface area (Å²) in [7, 11) is -3.53. The smallest absolute Gasteiger partial charge is 0.243 e. The number of hydrogen-bond acceptors (Lipinski definition) is 6. The number of sulfonamides is 1. The molecule has 28 heavy (non-hydrogen) atoms. The number of ether oxygens (including phenoxy) is 1. The second-order valence-electron chi connectivity index (χ2n) is 6.40. The monoisotopic (exact) mass is 418 g/mol. The van der Waals surface area contributed by atoms with Gasteiger partial charge in [0.1, 0.15) is 5.82 Å². The molecule has 0 atom stereocenters. The molecule has 0 amide bonds. The molecule has 0 aliphatic carbocycles. The second kappa shape index (κ2) is 8.20. The van der Waals surface area contributed by atoms with Gasteiger partial charge in [0.15, 0.2) is 0 Å². The number of aromatic nitrogens is 3. The van der Waals surface area contributed by atoms with Gasteiger partial charge in [-0.05, 0) is 37.3 Å². The van der Waals surface area contributed by atoms with Crippen molar-refractivity contribution in [2.75, 3.05) is 26.3 Å². The number of nitrogens with zero attached hydrogens (tertiary/aromatic N) is 4. The topological polar surface area (TPSA) is 77.3 Å². The standard InChI is InChI=1S/C19H22N4O3S2/c1-2-23-17-7-6-15(28(24,25)22-9-11-26-12-10-22)13-16(17)21-18(23)14-27-19-5-3-4-8-20-19/h3-8,13H,2,9-12,14H2,1H3. The van der Waals surface area contributed by atoms with Gasteiger partial charge >= 0.3 is 0 Å². The zero-order chi connectivity index (χ0) is 19.6. The van der Waals surface area contributed by atoms with E-state index in [1.165, 1.54) is 4.31 Å². The highest BCUT2D eigenvalue weighted by molar-refractivity contribution is 7.98. The second-order valence-corrected chi connectivity index (χ2v) is 9.33. The minimum absolute atomic E-state index is 0.284. The Bertz CT molecular complexity index is 1060. The lowest BCUT2D eigenvalue weighted by Crippen LogP contribution is -2.40. The van der Waals surface area contributed by atoms with Crippen LogP contribution in [0.15, 0.2) is 52.5 Å². The molecule has 0 N–H and O–H groups in total. The summed E-state index contributed by atoms with van der Waals surface area (Å²) in [6.45, 7) is 4.46. The highest BCUT2D eigenvalue weighted by Gasteiger charge is 2.27. The van der Waals surface area contributed by atoms with Crippen LogP contribution in [0.25, 0.3) is 11.0 Å². The van der Waals surface area contributed by atoms with Gasteiger partial charge in [0.2, 0.25) is 10.0 Å². The van der Waals surface area contributed by atoms with Gasteiger partial charge in [-0.2, -0.15) is 4.31 Å². The molecule has 3 heterocycles. The van der Waals surface area contributed by atoms with Gasteiger partial charge in [-0.15, -0.1) is 0 Å². The Morgan fingerprint density at radius 2 is 2.00 bits per heavy atom. The van der Waals surface area contributed by atoms with Crippen molar-refractivity contribution in [3.8, 4) is 0 Å². The number of rotatable bonds is 6. The fourth-order valence-electron chi connectivity index (χ4n) is 3.29. The Morgan fingerprint density at radius 3 is 2.71 bits per heavy atom. The Kier molecular flexibility index (Phi) is 5.68. The number of aryl methyl sites for hydroxylation is 1. The van der Waals surface area contributed by atoms with Crippen LogP contribution in [0.4, 0.5) is 0 Å².